The van der Waals surface area contributed by atoms with Gasteiger partial charge in [-0.15, -0.1) is 13.2 Å². The number of amides is 1. The van der Waals surface area contributed by atoms with Gasteiger partial charge in [0.05, 0.1) is 42.1 Å². The first-order valence-corrected chi connectivity index (χ1v) is 15.2. The number of tetrazole rings is 1. The van der Waals surface area contributed by atoms with Crippen molar-refractivity contribution in [1.82, 2.24) is 28.4 Å². The number of hydrogen-bond acceptors (Lipinski definition) is 9. The minimum Gasteiger partial charge on any atom is -0.497 e. The van der Waals surface area contributed by atoms with E-state index in [-0.39, 0.29) is 36.4 Å². The van der Waals surface area contributed by atoms with E-state index in [1.807, 2.05) is 6.92 Å². The van der Waals surface area contributed by atoms with Crippen LogP contribution in [0.1, 0.15) is 55.0 Å². The molecule has 0 bridgehead atoms. The molecule has 0 fully saturated rings. The summed E-state index contributed by atoms with van der Waals surface area (Å²) in [5.74, 6) is 0.615. The first kappa shape index (κ1) is 34.1. The Balaban J connectivity index is 1.68. The Bertz CT molecular complexity index is 1700. The van der Waals surface area contributed by atoms with Crippen molar-refractivity contribution in [2.24, 2.45) is 0 Å². The van der Waals surface area contributed by atoms with Gasteiger partial charge in [-0.05, 0) is 66.9 Å². The molecule has 2 atom stereocenters. The van der Waals surface area contributed by atoms with Gasteiger partial charge in [0.25, 0.3) is 0 Å². The summed E-state index contributed by atoms with van der Waals surface area (Å²) >= 11 is 1.80. The number of benzene rings is 2. The molecule has 3 heterocycles. The highest BCUT2D eigenvalue weighted by molar-refractivity contribution is 14.1. The lowest BCUT2D eigenvalue weighted by Crippen LogP contribution is -2.48. The Morgan fingerprint density at radius 3 is 2.21 bits per heavy atom. The SMILES string of the molecule is CCOC(=O)N1c2ccc(OC)cc2C(N(Cc2cc(C(F)(F)F)cc(C(F)(F)F)c2)c2ncc(-c3nnn(I)n3)cn2)CC1CC. The van der Waals surface area contributed by atoms with E-state index >= 15 is 0 Å². The minimum atomic E-state index is -5.04. The number of aromatic nitrogens is 6. The Kier molecular flexibility index (Phi) is 9.78. The number of carbonyl (C=O) groups is 1. The van der Waals surface area contributed by atoms with Crippen molar-refractivity contribution in [2.75, 3.05) is 23.5 Å². The van der Waals surface area contributed by atoms with Crippen LogP contribution in [0.25, 0.3) is 11.4 Å². The van der Waals surface area contributed by atoms with Crippen LogP contribution in [-0.4, -0.2) is 54.2 Å². The number of hydrogen-bond donors (Lipinski definition) is 0. The Hall–Kier alpha value is -4.23. The quantitative estimate of drug-likeness (QED) is 0.135. The van der Waals surface area contributed by atoms with Gasteiger partial charge in [0.15, 0.2) is 0 Å². The van der Waals surface area contributed by atoms with Crippen molar-refractivity contribution in [2.45, 2.75) is 57.7 Å². The lowest BCUT2D eigenvalue weighted by molar-refractivity contribution is -0.143. The summed E-state index contributed by atoms with van der Waals surface area (Å²) < 4.78 is 95.0. The summed E-state index contributed by atoms with van der Waals surface area (Å²) in [6.45, 7) is 3.19. The second-order valence-electron chi connectivity index (χ2n) is 10.5. The summed E-state index contributed by atoms with van der Waals surface area (Å²) in [4.78, 5) is 25.1. The lowest BCUT2D eigenvalue weighted by Gasteiger charge is -2.44. The zero-order chi connectivity index (χ0) is 34.1. The number of alkyl halides is 6. The molecule has 1 aliphatic heterocycles. The van der Waals surface area contributed by atoms with Crippen LogP contribution in [-0.2, 0) is 23.6 Å². The van der Waals surface area contributed by atoms with Crippen LogP contribution in [0.5, 0.6) is 5.75 Å². The molecule has 0 spiro atoms. The maximum atomic E-state index is 13.8. The Morgan fingerprint density at radius 1 is 1.02 bits per heavy atom. The number of rotatable bonds is 8. The van der Waals surface area contributed by atoms with Gasteiger partial charge in [0.1, 0.15) is 28.6 Å². The maximum absolute atomic E-state index is 13.8. The van der Waals surface area contributed by atoms with E-state index in [1.54, 1.807) is 48.0 Å². The topological polar surface area (TPSA) is 111 Å². The van der Waals surface area contributed by atoms with Crippen molar-refractivity contribution in [1.29, 1.82) is 0 Å². The molecular formula is C29H27F6IN8O3. The molecule has 0 saturated heterocycles. The fourth-order valence-electron chi connectivity index (χ4n) is 5.44. The van der Waals surface area contributed by atoms with Gasteiger partial charge in [-0.1, -0.05) is 6.92 Å². The van der Waals surface area contributed by atoms with Crippen molar-refractivity contribution in [3.8, 4) is 17.1 Å². The summed E-state index contributed by atoms with van der Waals surface area (Å²) in [5.41, 5.74) is -1.85. The highest BCUT2D eigenvalue weighted by Gasteiger charge is 2.41. The number of nitrogens with zero attached hydrogens (tertiary/aromatic N) is 8. The minimum absolute atomic E-state index is 0.000191. The van der Waals surface area contributed by atoms with Gasteiger partial charge in [0, 0.05) is 30.5 Å². The van der Waals surface area contributed by atoms with E-state index in [1.165, 1.54) is 32.3 Å². The normalized spacial score (nSPS) is 16.5. The largest absolute Gasteiger partial charge is 0.497 e. The fraction of sp³-hybridized carbons (Fsp3) is 0.379. The highest BCUT2D eigenvalue weighted by Crippen LogP contribution is 2.45. The van der Waals surface area contributed by atoms with Crippen LogP contribution < -0.4 is 14.5 Å². The molecule has 0 aliphatic carbocycles. The molecule has 2 aromatic carbocycles. The van der Waals surface area contributed by atoms with Crippen LogP contribution in [0, 0.1) is 0 Å². The average molecular weight is 776 g/mol. The zero-order valence-electron chi connectivity index (χ0n) is 25.1. The first-order valence-electron chi connectivity index (χ1n) is 14.2. The van der Waals surface area contributed by atoms with E-state index in [0.29, 0.717) is 41.1 Å². The first-order chi connectivity index (χ1) is 22.2. The van der Waals surface area contributed by atoms with E-state index in [4.69, 9.17) is 9.47 Å². The monoisotopic (exact) mass is 776 g/mol. The fourth-order valence-corrected chi connectivity index (χ4v) is 5.74. The summed E-state index contributed by atoms with van der Waals surface area (Å²) in [7, 11) is 1.44. The molecule has 1 amide bonds. The lowest BCUT2D eigenvalue weighted by atomic mass is 9.88. The van der Waals surface area contributed by atoms with Crippen molar-refractivity contribution >= 4 is 40.6 Å². The van der Waals surface area contributed by atoms with Gasteiger partial charge < -0.3 is 14.4 Å². The molecule has 2 aromatic heterocycles. The standard InChI is InChI=1S/C29H27F6IN8O3/c1-4-20-11-24(22-12-21(46-3)6-7-23(22)43(20)27(45)47-5-2)42(26-37-13-17(14-38-26)25-39-41-44(36)40-25)15-16-8-18(28(30,31)32)10-19(9-16)29(33,34)35/h6-10,12-14,20,24H,4-5,11,15H2,1-3H3. The van der Waals surface area contributed by atoms with Gasteiger partial charge in [-0.3, -0.25) is 4.90 Å². The summed E-state index contributed by atoms with van der Waals surface area (Å²) in [5, 5.41) is 11.8. The number of fused-ring (bicyclic) bond motifs is 1. The summed E-state index contributed by atoms with van der Waals surface area (Å²) in [6, 6.07) is 5.20. The van der Waals surface area contributed by atoms with Gasteiger partial charge in [-0.25, -0.2) is 14.8 Å². The smallest absolute Gasteiger partial charge is 0.416 e. The third kappa shape index (κ3) is 7.36. The number of halogens is 7. The second-order valence-corrected chi connectivity index (χ2v) is 11.3. The van der Waals surface area contributed by atoms with Crippen LogP contribution in [0.4, 0.5) is 42.8 Å². The highest BCUT2D eigenvalue weighted by atomic mass is 127. The van der Waals surface area contributed by atoms with Crippen LogP contribution in [0.3, 0.4) is 0 Å². The van der Waals surface area contributed by atoms with E-state index < -0.39 is 48.2 Å². The molecule has 0 N–H and O–H groups in total. The molecule has 11 nitrogen and oxygen atoms in total. The number of anilines is 2. The van der Waals surface area contributed by atoms with Gasteiger partial charge in [-0.2, -0.15) is 26.3 Å². The predicted octanol–water partition coefficient (Wildman–Crippen LogP) is 7.27. The Morgan fingerprint density at radius 2 is 1.68 bits per heavy atom. The molecule has 4 aromatic rings. The molecule has 5 rings (SSSR count). The molecule has 0 saturated carbocycles. The second kappa shape index (κ2) is 13.5. The van der Waals surface area contributed by atoms with Gasteiger partial charge in [0.2, 0.25) is 11.8 Å². The van der Waals surface area contributed by atoms with E-state index in [0.717, 1.165) is 0 Å². The summed E-state index contributed by atoms with van der Waals surface area (Å²) in [6.07, 6.45) is -7.26. The van der Waals surface area contributed by atoms with Crippen molar-refractivity contribution < 1.29 is 40.6 Å². The predicted molar refractivity (Wildman–Crippen MR) is 165 cm³/mol. The van der Waals surface area contributed by atoms with Gasteiger partial charge >= 0.3 is 18.4 Å². The molecule has 47 heavy (non-hydrogen) atoms. The van der Waals surface area contributed by atoms with Crippen molar-refractivity contribution in [3.63, 3.8) is 0 Å². The van der Waals surface area contributed by atoms with Crippen LogP contribution >= 0.6 is 22.9 Å². The molecule has 250 valence electrons. The molecule has 0 radical (unpaired) electrons. The van der Waals surface area contributed by atoms with Crippen LogP contribution in [0.15, 0.2) is 48.8 Å². The third-order valence-corrected chi connectivity index (χ3v) is 7.98. The Labute approximate surface area is 278 Å². The van der Waals surface area contributed by atoms with Crippen LogP contribution in [0.2, 0.25) is 0 Å². The zero-order valence-corrected chi connectivity index (χ0v) is 27.2. The number of ether oxygens (including phenoxy) is 2. The number of methoxy groups -OCH3 is 1. The maximum Gasteiger partial charge on any atom is 0.416 e. The van der Waals surface area contributed by atoms with E-state index in [2.05, 4.69) is 25.4 Å². The molecule has 1 aliphatic rings. The average Bonchev–Trinajstić information content (AvgIpc) is 3.48. The third-order valence-electron chi connectivity index (χ3n) is 7.57. The van der Waals surface area contributed by atoms with E-state index in [9.17, 15) is 31.1 Å². The number of carbonyl (C=O) groups excluding carboxylic acids is 1. The molecule has 2 unspecified atom stereocenters. The molecule has 18 heteroatoms. The molecular weight excluding hydrogens is 749 g/mol. The van der Waals surface area contributed by atoms with Crippen molar-refractivity contribution in [3.05, 3.63) is 71.0 Å².